The van der Waals surface area contributed by atoms with Crippen LogP contribution in [0.25, 0.3) is 22.0 Å². The van der Waals surface area contributed by atoms with Crippen molar-refractivity contribution in [1.29, 1.82) is 0 Å². The molecule has 3 rings (SSSR count). The molecule has 0 saturated carbocycles. The van der Waals surface area contributed by atoms with Gasteiger partial charge in [-0.25, -0.2) is 4.98 Å². The summed E-state index contributed by atoms with van der Waals surface area (Å²) in [4.78, 5) is 17.6. The lowest BCUT2D eigenvalue weighted by atomic mass is 10.2. The molecule has 1 N–H and O–H groups in total. The summed E-state index contributed by atoms with van der Waals surface area (Å²) in [6.07, 6.45) is 0.774. The van der Waals surface area contributed by atoms with Crippen LogP contribution in [0.15, 0.2) is 35.7 Å². The van der Waals surface area contributed by atoms with E-state index in [1.54, 1.807) is 32.7 Å². The molecule has 3 aromatic rings. The average Bonchev–Trinajstić information content (AvgIpc) is 3.40. The van der Waals surface area contributed by atoms with E-state index in [9.17, 15) is 4.79 Å². The Balaban J connectivity index is 1.88. The van der Waals surface area contributed by atoms with Crippen LogP contribution in [0.1, 0.15) is 22.5 Å². The first-order chi connectivity index (χ1) is 15.1. The van der Waals surface area contributed by atoms with Crippen LogP contribution in [0.2, 0.25) is 0 Å². The number of ether oxygens (including phenoxy) is 3. The highest BCUT2D eigenvalue weighted by atomic mass is 32.1. The number of carbonyl (C=O) groups is 1. The number of thiazole rings is 1. The normalized spacial score (nSPS) is 11.0. The summed E-state index contributed by atoms with van der Waals surface area (Å²) < 4.78 is 17.7. The van der Waals surface area contributed by atoms with Crippen molar-refractivity contribution in [1.82, 2.24) is 14.9 Å². The van der Waals surface area contributed by atoms with Crippen LogP contribution < -0.4 is 10.1 Å². The second-order valence-electron chi connectivity index (χ2n) is 7.04. The van der Waals surface area contributed by atoms with Crippen LogP contribution in [0.3, 0.4) is 0 Å². The smallest absolute Gasteiger partial charge is 0.253 e. The lowest BCUT2D eigenvalue weighted by molar-refractivity contribution is 0.0947. The van der Waals surface area contributed by atoms with Gasteiger partial charge in [-0.3, -0.25) is 4.79 Å². The number of nitrogens with zero attached hydrogens (tertiary/aromatic N) is 2. The quantitative estimate of drug-likeness (QED) is 0.453. The first-order valence-electron chi connectivity index (χ1n) is 10.2. The Kier molecular flexibility index (Phi) is 8.22. The highest BCUT2D eigenvalue weighted by Crippen LogP contribution is 2.32. The monoisotopic (exact) mass is 443 g/mol. The first kappa shape index (κ1) is 23.0. The number of hydrogen-bond donors (Lipinski definition) is 1. The second-order valence-corrected chi connectivity index (χ2v) is 7.90. The van der Waals surface area contributed by atoms with Crippen molar-refractivity contribution in [2.75, 3.05) is 41.1 Å². The van der Waals surface area contributed by atoms with Crippen LogP contribution in [0, 0.1) is 6.92 Å². The van der Waals surface area contributed by atoms with Crippen molar-refractivity contribution < 1.29 is 19.0 Å². The van der Waals surface area contributed by atoms with Gasteiger partial charge in [-0.15, -0.1) is 11.3 Å². The Morgan fingerprint density at radius 3 is 2.55 bits per heavy atom. The third-order valence-corrected chi connectivity index (χ3v) is 5.94. The fourth-order valence-corrected chi connectivity index (χ4v) is 4.15. The maximum absolute atomic E-state index is 12.8. The van der Waals surface area contributed by atoms with Crippen LogP contribution in [0.5, 0.6) is 5.75 Å². The molecule has 1 amide bonds. The van der Waals surface area contributed by atoms with Gasteiger partial charge in [0.25, 0.3) is 5.91 Å². The minimum Gasteiger partial charge on any atom is -0.497 e. The molecule has 0 fully saturated rings. The van der Waals surface area contributed by atoms with E-state index in [0.29, 0.717) is 31.9 Å². The molecule has 2 aromatic heterocycles. The fraction of sp³-hybridized carbons (Fsp3) is 0.391. The van der Waals surface area contributed by atoms with E-state index < -0.39 is 0 Å². The molecule has 0 aliphatic heterocycles. The topological polar surface area (TPSA) is 74.6 Å². The summed E-state index contributed by atoms with van der Waals surface area (Å²) in [5, 5.41) is 5.91. The minimum atomic E-state index is -0.0865. The van der Waals surface area contributed by atoms with Gasteiger partial charge in [0, 0.05) is 50.6 Å². The largest absolute Gasteiger partial charge is 0.497 e. The summed E-state index contributed by atoms with van der Waals surface area (Å²) in [6, 6.07) is 9.76. The molecule has 0 unspecified atom stereocenters. The standard InChI is InChI=1S/C23H29N3O4S/c1-16-19(22(27)24-10-5-12-28-2)14-21(26(16)11-13-29-3)20-15-31-23(25-20)17-6-8-18(30-4)9-7-17/h6-9,14-15H,5,10-13H2,1-4H3,(H,24,27). The van der Waals surface area contributed by atoms with Crippen LogP contribution >= 0.6 is 11.3 Å². The van der Waals surface area contributed by atoms with Gasteiger partial charge in [-0.1, -0.05) is 0 Å². The van der Waals surface area contributed by atoms with Gasteiger partial charge in [-0.05, 0) is 43.7 Å². The maximum atomic E-state index is 12.8. The van der Waals surface area contributed by atoms with Gasteiger partial charge in [0.15, 0.2) is 0 Å². The van der Waals surface area contributed by atoms with Crippen molar-refractivity contribution in [2.45, 2.75) is 19.9 Å². The summed E-state index contributed by atoms with van der Waals surface area (Å²) in [6.45, 7) is 4.34. The lowest BCUT2D eigenvalue weighted by Crippen LogP contribution is -2.25. The van der Waals surface area contributed by atoms with E-state index in [-0.39, 0.29) is 5.91 Å². The molecule has 8 heteroatoms. The van der Waals surface area contributed by atoms with E-state index >= 15 is 0 Å². The molecule has 0 radical (unpaired) electrons. The van der Waals surface area contributed by atoms with Gasteiger partial charge in [-0.2, -0.15) is 0 Å². The molecule has 1 aromatic carbocycles. The number of hydrogen-bond acceptors (Lipinski definition) is 6. The Morgan fingerprint density at radius 1 is 1.13 bits per heavy atom. The van der Waals surface area contributed by atoms with E-state index in [1.807, 2.05) is 42.6 Å². The van der Waals surface area contributed by atoms with Crippen LogP contribution in [0.4, 0.5) is 0 Å². The van der Waals surface area contributed by atoms with Crippen molar-refractivity contribution in [3.8, 4) is 27.7 Å². The van der Waals surface area contributed by atoms with Crippen LogP contribution in [-0.2, 0) is 16.0 Å². The number of benzene rings is 1. The van der Waals surface area contributed by atoms with Gasteiger partial charge < -0.3 is 24.1 Å². The fourth-order valence-electron chi connectivity index (χ4n) is 3.33. The van der Waals surface area contributed by atoms with Gasteiger partial charge in [0.2, 0.25) is 0 Å². The predicted octanol–water partition coefficient (Wildman–Crippen LogP) is 4.01. The SMILES string of the molecule is COCCCNC(=O)c1cc(-c2csc(-c3ccc(OC)cc3)n2)n(CCOC)c1C. The molecule has 0 aliphatic rings. The number of rotatable bonds is 11. The third-order valence-electron chi connectivity index (χ3n) is 5.04. The molecule has 0 atom stereocenters. The molecule has 7 nitrogen and oxygen atoms in total. The van der Waals surface area contributed by atoms with E-state index in [2.05, 4.69) is 9.88 Å². The molecular weight excluding hydrogens is 414 g/mol. The number of carbonyl (C=O) groups excluding carboxylic acids is 1. The molecule has 0 aliphatic carbocycles. The third kappa shape index (κ3) is 5.52. The number of nitrogens with one attached hydrogen (secondary N) is 1. The van der Waals surface area contributed by atoms with Crippen molar-refractivity contribution in [3.63, 3.8) is 0 Å². The van der Waals surface area contributed by atoms with E-state index in [0.717, 1.165) is 39.8 Å². The van der Waals surface area contributed by atoms with Gasteiger partial charge >= 0.3 is 0 Å². The zero-order valence-corrected chi connectivity index (χ0v) is 19.3. The molecule has 0 bridgehead atoms. The Bertz CT molecular complexity index is 995. The number of aromatic nitrogens is 2. The lowest BCUT2D eigenvalue weighted by Gasteiger charge is -2.10. The predicted molar refractivity (Wildman–Crippen MR) is 123 cm³/mol. The van der Waals surface area contributed by atoms with E-state index in [4.69, 9.17) is 19.2 Å². The highest BCUT2D eigenvalue weighted by molar-refractivity contribution is 7.13. The summed E-state index contributed by atoms with van der Waals surface area (Å²) in [5.74, 6) is 0.724. The first-order valence-corrected chi connectivity index (χ1v) is 11.0. The minimum absolute atomic E-state index is 0.0865. The molecular formula is C23H29N3O4S. The van der Waals surface area contributed by atoms with Crippen LogP contribution in [-0.4, -0.2) is 56.5 Å². The van der Waals surface area contributed by atoms with Gasteiger partial charge in [0.05, 0.1) is 30.7 Å². The van der Waals surface area contributed by atoms with Crippen molar-refractivity contribution >= 4 is 17.2 Å². The van der Waals surface area contributed by atoms with E-state index in [1.165, 1.54) is 0 Å². The Labute approximate surface area is 187 Å². The zero-order chi connectivity index (χ0) is 22.2. The second kappa shape index (κ2) is 11.1. The Morgan fingerprint density at radius 2 is 1.87 bits per heavy atom. The summed E-state index contributed by atoms with van der Waals surface area (Å²) >= 11 is 1.58. The molecule has 0 spiro atoms. The molecule has 0 saturated heterocycles. The number of amides is 1. The highest BCUT2D eigenvalue weighted by Gasteiger charge is 2.20. The Hall–Kier alpha value is -2.68. The van der Waals surface area contributed by atoms with Crippen molar-refractivity contribution in [3.05, 3.63) is 47.0 Å². The molecule has 166 valence electrons. The molecule has 2 heterocycles. The molecule has 31 heavy (non-hydrogen) atoms. The zero-order valence-electron chi connectivity index (χ0n) is 18.4. The summed E-state index contributed by atoms with van der Waals surface area (Å²) in [5.41, 5.74) is 4.33. The van der Waals surface area contributed by atoms with Crippen molar-refractivity contribution in [2.24, 2.45) is 0 Å². The maximum Gasteiger partial charge on any atom is 0.253 e. The average molecular weight is 444 g/mol. The van der Waals surface area contributed by atoms with Gasteiger partial charge in [0.1, 0.15) is 10.8 Å². The summed E-state index contributed by atoms with van der Waals surface area (Å²) in [7, 11) is 4.98. The number of methoxy groups -OCH3 is 3.